The number of para-hydroxylation sites is 1. The normalized spacial score (nSPS) is 11.8. The molecule has 29 heavy (non-hydrogen) atoms. The van der Waals surface area contributed by atoms with Gasteiger partial charge in [0.25, 0.3) is 0 Å². The van der Waals surface area contributed by atoms with E-state index < -0.39 is 0 Å². The number of aromatic nitrogens is 1. The van der Waals surface area contributed by atoms with Gasteiger partial charge < -0.3 is 4.42 Å². The average Bonchev–Trinajstić information content (AvgIpc) is 3.13. The lowest BCUT2D eigenvalue weighted by Gasteiger charge is -2.05. The molecular formula is C27H19NO. The summed E-state index contributed by atoms with van der Waals surface area (Å²) in [5.41, 5.74) is 6.27. The second-order valence-electron chi connectivity index (χ2n) is 7.80. The van der Waals surface area contributed by atoms with Crippen molar-refractivity contribution in [2.75, 3.05) is 0 Å². The third-order valence-electron chi connectivity index (χ3n) is 5.99. The number of hydrogen-bond donors (Lipinski definition) is 0. The molecule has 2 heterocycles. The molecule has 138 valence electrons. The molecule has 0 fully saturated rings. The monoisotopic (exact) mass is 373 g/mol. The number of fused-ring (bicyclic) bond motifs is 6. The van der Waals surface area contributed by atoms with Crippen LogP contribution < -0.4 is 0 Å². The average molecular weight is 373 g/mol. The van der Waals surface area contributed by atoms with E-state index in [4.69, 9.17) is 4.42 Å². The van der Waals surface area contributed by atoms with Crippen LogP contribution in [0.5, 0.6) is 0 Å². The van der Waals surface area contributed by atoms with Crippen LogP contribution in [0.3, 0.4) is 0 Å². The second kappa shape index (κ2) is 5.92. The maximum atomic E-state index is 6.53. The van der Waals surface area contributed by atoms with Crippen molar-refractivity contribution in [3.63, 3.8) is 0 Å². The van der Waals surface area contributed by atoms with E-state index in [1.807, 2.05) is 6.20 Å². The van der Waals surface area contributed by atoms with Crippen molar-refractivity contribution >= 4 is 43.5 Å². The Bertz CT molecular complexity index is 1570. The first-order valence-corrected chi connectivity index (χ1v) is 9.89. The van der Waals surface area contributed by atoms with Crippen molar-refractivity contribution in [2.24, 2.45) is 0 Å². The molecule has 0 aliphatic rings. The van der Waals surface area contributed by atoms with Gasteiger partial charge in [-0.3, -0.25) is 4.98 Å². The van der Waals surface area contributed by atoms with E-state index in [0.29, 0.717) is 0 Å². The molecule has 0 aliphatic heterocycles. The largest absolute Gasteiger partial charge is 0.455 e. The first kappa shape index (κ1) is 16.3. The minimum atomic E-state index is 0.902. The highest BCUT2D eigenvalue weighted by atomic mass is 16.3. The van der Waals surface area contributed by atoms with Crippen LogP contribution in [0, 0.1) is 13.8 Å². The van der Waals surface area contributed by atoms with E-state index in [0.717, 1.165) is 38.6 Å². The molecule has 0 saturated carbocycles. The van der Waals surface area contributed by atoms with Crippen molar-refractivity contribution in [1.82, 2.24) is 4.98 Å². The molecule has 0 unspecified atom stereocenters. The Morgan fingerprint density at radius 2 is 1.41 bits per heavy atom. The van der Waals surface area contributed by atoms with Crippen LogP contribution in [0.4, 0.5) is 0 Å². The number of aryl methyl sites for hydroxylation is 2. The molecule has 0 amide bonds. The molecule has 0 spiro atoms. The third kappa shape index (κ3) is 2.39. The lowest BCUT2D eigenvalue weighted by molar-refractivity contribution is 0.673. The molecule has 0 radical (unpaired) electrons. The Balaban J connectivity index is 1.71. The van der Waals surface area contributed by atoms with Crippen LogP contribution >= 0.6 is 0 Å². The number of furan rings is 1. The molecule has 4 aromatic carbocycles. The molecular weight excluding hydrogens is 354 g/mol. The molecule has 0 aliphatic carbocycles. The van der Waals surface area contributed by atoms with Gasteiger partial charge in [0.05, 0.1) is 5.69 Å². The summed E-state index contributed by atoms with van der Waals surface area (Å²) >= 11 is 0. The summed E-state index contributed by atoms with van der Waals surface area (Å²) < 4.78 is 6.53. The third-order valence-corrected chi connectivity index (χ3v) is 5.99. The van der Waals surface area contributed by atoms with E-state index >= 15 is 0 Å². The summed E-state index contributed by atoms with van der Waals surface area (Å²) in [6.07, 6.45) is 1.94. The second-order valence-corrected chi connectivity index (χ2v) is 7.80. The Labute approximate surface area is 168 Å². The van der Waals surface area contributed by atoms with E-state index in [1.165, 1.54) is 27.3 Å². The summed E-state index contributed by atoms with van der Waals surface area (Å²) in [5.74, 6) is 0. The molecule has 0 saturated heterocycles. The van der Waals surface area contributed by atoms with Crippen LogP contribution in [-0.4, -0.2) is 4.98 Å². The first-order chi connectivity index (χ1) is 14.2. The van der Waals surface area contributed by atoms with Crippen LogP contribution in [0.25, 0.3) is 54.7 Å². The zero-order valence-corrected chi connectivity index (χ0v) is 16.4. The Morgan fingerprint density at radius 3 is 2.24 bits per heavy atom. The van der Waals surface area contributed by atoms with Gasteiger partial charge in [0.1, 0.15) is 11.2 Å². The van der Waals surface area contributed by atoms with Crippen LogP contribution in [0.2, 0.25) is 0 Å². The van der Waals surface area contributed by atoms with Crippen LogP contribution in [-0.2, 0) is 0 Å². The fraction of sp³-hybridized carbons (Fsp3) is 0.0741. The zero-order valence-electron chi connectivity index (χ0n) is 16.4. The van der Waals surface area contributed by atoms with E-state index in [2.05, 4.69) is 91.6 Å². The first-order valence-electron chi connectivity index (χ1n) is 9.89. The van der Waals surface area contributed by atoms with Gasteiger partial charge >= 0.3 is 0 Å². The lowest BCUT2D eigenvalue weighted by Crippen LogP contribution is -1.88. The quantitative estimate of drug-likeness (QED) is 0.278. The molecule has 2 nitrogen and oxygen atoms in total. The predicted molar refractivity (Wildman–Crippen MR) is 121 cm³/mol. The molecule has 0 N–H and O–H groups in total. The van der Waals surface area contributed by atoms with Gasteiger partial charge in [-0.15, -0.1) is 0 Å². The number of hydrogen-bond acceptors (Lipinski definition) is 2. The lowest BCUT2D eigenvalue weighted by atomic mass is 10.0. The highest BCUT2D eigenvalue weighted by molar-refractivity contribution is 6.18. The molecule has 6 rings (SSSR count). The van der Waals surface area contributed by atoms with Crippen LogP contribution in [0.15, 0.2) is 83.4 Å². The van der Waals surface area contributed by atoms with Crippen LogP contribution in [0.1, 0.15) is 11.1 Å². The van der Waals surface area contributed by atoms with Crippen molar-refractivity contribution in [3.8, 4) is 11.3 Å². The summed E-state index contributed by atoms with van der Waals surface area (Å²) in [5, 5.41) is 7.10. The van der Waals surface area contributed by atoms with Crippen molar-refractivity contribution in [2.45, 2.75) is 13.8 Å². The highest BCUT2D eigenvalue weighted by Crippen LogP contribution is 2.39. The van der Waals surface area contributed by atoms with Gasteiger partial charge in [0.15, 0.2) is 0 Å². The maximum Gasteiger partial charge on any atom is 0.144 e. The van der Waals surface area contributed by atoms with Gasteiger partial charge in [0.2, 0.25) is 0 Å². The van der Waals surface area contributed by atoms with Crippen molar-refractivity contribution in [3.05, 3.63) is 90.1 Å². The van der Waals surface area contributed by atoms with Gasteiger partial charge in [0, 0.05) is 27.9 Å². The number of nitrogens with zero attached hydrogens (tertiary/aromatic N) is 1. The van der Waals surface area contributed by atoms with Gasteiger partial charge in [-0.1, -0.05) is 42.5 Å². The Hall–Kier alpha value is -3.65. The SMILES string of the molecule is Cc1cnc(-c2cccc3c2oc2c4cc5ccccc5cc4ccc32)cc1C. The molecule has 0 bridgehead atoms. The maximum absolute atomic E-state index is 6.53. The summed E-state index contributed by atoms with van der Waals surface area (Å²) in [6, 6.07) is 25.8. The minimum Gasteiger partial charge on any atom is -0.455 e. The van der Waals surface area contributed by atoms with Crippen molar-refractivity contribution in [1.29, 1.82) is 0 Å². The van der Waals surface area contributed by atoms with Crippen molar-refractivity contribution < 1.29 is 4.42 Å². The fourth-order valence-electron chi connectivity index (χ4n) is 4.24. The predicted octanol–water partition coefficient (Wildman–Crippen LogP) is 7.57. The Kier molecular flexibility index (Phi) is 3.33. The number of pyridine rings is 1. The molecule has 2 aromatic heterocycles. The van der Waals surface area contributed by atoms with Gasteiger partial charge in [-0.05, 0) is 71.5 Å². The molecule has 0 atom stereocenters. The minimum absolute atomic E-state index is 0.902. The Morgan fingerprint density at radius 1 is 0.621 bits per heavy atom. The summed E-state index contributed by atoms with van der Waals surface area (Å²) in [4.78, 5) is 4.67. The highest BCUT2D eigenvalue weighted by Gasteiger charge is 2.15. The van der Waals surface area contributed by atoms with E-state index in [1.54, 1.807) is 0 Å². The van der Waals surface area contributed by atoms with E-state index in [-0.39, 0.29) is 0 Å². The smallest absolute Gasteiger partial charge is 0.144 e. The topological polar surface area (TPSA) is 26.0 Å². The zero-order chi connectivity index (χ0) is 19.5. The van der Waals surface area contributed by atoms with Gasteiger partial charge in [-0.2, -0.15) is 0 Å². The molecule has 2 heteroatoms. The number of rotatable bonds is 1. The summed E-state index contributed by atoms with van der Waals surface area (Å²) in [7, 11) is 0. The number of benzene rings is 4. The van der Waals surface area contributed by atoms with E-state index in [9.17, 15) is 0 Å². The molecule has 6 aromatic rings. The fourth-order valence-corrected chi connectivity index (χ4v) is 4.24. The summed E-state index contributed by atoms with van der Waals surface area (Å²) in [6.45, 7) is 4.21. The van der Waals surface area contributed by atoms with Gasteiger partial charge in [-0.25, -0.2) is 0 Å². The standard InChI is InChI=1S/C27H19NO/c1-16-12-25(28-15-17(16)2)23-9-5-8-21-22-11-10-20-13-18-6-3-4-7-19(18)14-24(20)27(22)29-26(21)23/h3-15H,1-2H3.